The molecule has 3 aromatic heterocycles. The van der Waals surface area contributed by atoms with Gasteiger partial charge in [-0.1, -0.05) is 42.8 Å². The standard InChI is InChI=1S/C33H36N8O/c1-33-21-25-22-37-41(28-9-5-12-34-23-28)30(25)20-27(33)11-10-26(33)19-29(24-7-3-2-4-8-24)38-32(42)40-17-15-39(16-18-40)31-35-13-6-14-36-31/h2-9,12-14,20,22-23,26,29H,10-11,15-19,21H2,1H3,(H,38,42)/t26-,29?,33-/m1/s1. The molecule has 1 aromatic carbocycles. The topological polar surface area (TPSA) is 92.1 Å². The predicted octanol–water partition coefficient (Wildman–Crippen LogP) is 5.08. The minimum Gasteiger partial charge on any atom is -0.337 e. The molecular formula is C33H36N8O. The molecule has 9 nitrogen and oxygen atoms in total. The number of hydrogen-bond acceptors (Lipinski definition) is 6. The number of amides is 2. The Morgan fingerprint density at radius 1 is 1.00 bits per heavy atom. The summed E-state index contributed by atoms with van der Waals surface area (Å²) in [5, 5.41) is 8.17. The fourth-order valence-corrected chi connectivity index (χ4v) is 7.05. The van der Waals surface area contributed by atoms with Gasteiger partial charge in [0.15, 0.2) is 0 Å². The first-order valence-corrected chi connectivity index (χ1v) is 14.9. The third kappa shape index (κ3) is 4.93. The van der Waals surface area contributed by atoms with Crippen molar-refractivity contribution >= 4 is 18.1 Å². The molecule has 4 aromatic rings. The molecule has 0 bridgehead atoms. The molecule has 2 amide bonds. The van der Waals surface area contributed by atoms with E-state index in [0.29, 0.717) is 19.0 Å². The molecule has 7 rings (SSSR count). The van der Waals surface area contributed by atoms with Crippen molar-refractivity contribution < 1.29 is 4.79 Å². The van der Waals surface area contributed by atoms with Crippen LogP contribution in [0.15, 0.2) is 85.1 Å². The molecule has 1 unspecified atom stereocenters. The lowest BCUT2D eigenvalue weighted by atomic mass is 9.68. The van der Waals surface area contributed by atoms with Crippen LogP contribution >= 0.6 is 0 Å². The zero-order chi connectivity index (χ0) is 28.5. The van der Waals surface area contributed by atoms with Crippen LogP contribution in [-0.4, -0.2) is 61.8 Å². The number of hydrogen-bond donors (Lipinski definition) is 1. The maximum absolute atomic E-state index is 13.6. The van der Waals surface area contributed by atoms with E-state index in [1.165, 1.54) is 16.8 Å². The highest BCUT2D eigenvalue weighted by Gasteiger charge is 2.46. The van der Waals surface area contributed by atoms with Gasteiger partial charge in [-0.05, 0) is 72.4 Å². The summed E-state index contributed by atoms with van der Waals surface area (Å²) in [6, 6.07) is 16.2. The lowest BCUT2D eigenvalue weighted by Gasteiger charge is -2.39. The Bertz CT molecular complexity index is 1560. The van der Waals surface area contributed by atoms with Crippen molar-refractivity contribution in [3.63, 3.8) is 0 Å². The number of carbonyl (C=O) groups excluding carboxylic acids is 1. The molecule has 2 aliphatic carbocycles. The van der Waals surface area contributed by atoms with Crippen molar-refractivity contribution in [3.8, 4) is 5.69 Å². The van der Waals surface area contributed by atoms with Gasteiger partial charge in [0.25, 0.3) is 0 Å². The summed E-state index contributed by atoms with van der Waals surface area (Å²) in [7, 11) is 0. The molecule has 1 saturated heterocycles. The van der Waals surface area contributed by atoms with E-state index in [2.05, 4.69) is 62.4 Å². The van der Waals surface area contributed by atoms with Crippen LogP contribution in [0.5, 0.6) is 0 Å². The number of pyridine rings is 1. The van der Waals surface area contributed by atoms with Crippen LogP contribution in [0.2, 0.25) is 0 Å². The van der Waals surface area contributed by atoms with E-state index in [0.717, 1.165) is 56.0 Å². The second-order valence-electron chi connectivity index (χ2n) is 11.8. The highest BCUT2D eigenvalue weighted by Crippen LogP contribution is 2.55. The van der Waals surface area contributed by atoms with Crippen molar-refractivity contribution in [2.45, 2.75) is 38.6 Å². The maximum atomic E-state index is 13.6. The molecule has 214 valence electrons. The van der Waals surface area contributed by atoms with Gasteiger partial charge in [0, 0.05) is 44.8 Å². The van der Waals surface area contributed by atoms with Crippen LogP contribution in [-0.2, 0) is 6.42 Å². The lowest BCUT2D eigenvalue weighted by molar-refractivity contribution is 0.181. The number of benzene rings is 1. The van der Waals surface area contributed by atoms with E-state index in [4.69, 9.17) is 5.10 Å². The first kappa shape index (κ1) is 26.4. The van der Waals surface area contributed by atoms with Gasteiger partial charge in [0.1, 0.15) is 0 Å². The number of rotatable bonds is 6. The number of aromatic nitrogens is 5. The second kappa shape index (κ2) is 11.0. The molecule has 0 spiro atoms. The van der Waals surface area contributed by atoms with E-state index in [1.54, 1.807) is 18.6 Å². The Labute approximate surface area is 246 Å². The van der Waals surface area contributed by atoms with Crippen LogP contribution < -0.4 is 10.2 Å². The molecule has 1 N–H and O–H groups in total. The third-order valence-electron chi connectivity index (χ3n) is 9.46. The number of nitrogens with one attached hydrogen (secondary N) is 1. The van der Waals surface area contributed by atoms with Gasteiger partial charge in [0.2, 0.25) is 5.95 Å². The van der Waals surface area contributed by atoms with Gasteiger partial charge in [0.05, 0.1) is 29.8 Å². The molecule has 4 heterocycles. The number of fused-ring (bicyclic) bond motifs is 2. The summed E-state index contributed by atoms with van der Waals surface area (Å²) in [6.07, 6.45) is 15.6. The largest absolute Gasteiger partial charge is 0.337 e. The zero-order valence-electron chi connectivity index (χ0n) is 23.9. The summed E-state index contributed by atoms with van der Waals surface area (Å²) in [5.74, 6) is 1.16. The molecule has 0 radical (unpaired) electrons. The molecular weight excluding hydrogens is 524 g/mol. The Morgan fingerprint density at radius 2 is 1.81 bits per heavy atom. The van der Waals surface area contributed by atoms with Gasteiger partial charge in [-0.2, -0.15) is 5.10 Å². The summed E-state index contributed by atoms with van der Waals surface area (Å²) < 4.78 is 2.01. The maximum Gasteiger partial charge on any atom is 0.318 e. The van der Waals surface area contributed by atoms with Crippen LogP contribution in [0.3, 0.4) is 0 Å². The summed E-state index contributed by atoms with van der Waals surface area (Å²) in [6.45, 7) is 5.14. The first-order valence-electron chi connectivity index (χ1n) is 14.9. The van der Waals surface area contributed by atoms with Gasteiger partial charge in [-0.25, -0.2) is 19.4 Å². The van der Waals surface area contributed by atoms with Crippen LogP contribution in [0, 0.1) is 11.3 Å². The van der Waals surface area contributed by atoms with Crippen molar-refractivity contribution in [1.82, 2.24) is 34.9 Å². The second-order valence-corrected chi connectivity index (χ2v) is 11.8. The number of piperazine rings is 1. The average molecular weight is 561 g/mol. The molecule has 1 aliphatic heterocycles. The van der Waals surface area contributed by atoms with E-state index in [-0.39, 0.29) is 17.5 Å². The smallest absolute Gasteiger partial charge is 0.318 e. The van der Waals surface area contributed by atoms with Crippen molar-refractivity contribution in [2.75, 3.05) is 31.1 Å². The number of urea groups is 1. The Morgan fingerprint density at radius 3 is 2.57 bits per heavy atom. The minimum absolute atomic E-state index is 0.0000704. The summed E-state index contributed by atoms with van der Waals surface area (Å²) >= 11 is 0. The first-order chi connectivity index (χ1) is 20.6. The molecule has 1 saturated carbocycles. The zero-order valence-corrected chi connectivity index (χ0v) is 23.9. The predicted molar refractivity (Wildman–Crippen MR) is 162 cm³/mol. The van der Waals surface area contributed by atoms with Crippen LogP contribution in [0.4, 0.5) is 10.7 Å². The molecule has 42 heavy (non-hydrogen) atoms. The van der Waals surface area contributed by atoms with Crippen molar-refractivity contribution in [1.29, 1.82) is 0 Å². The molecule has 9 heteroatoms. The van der Waals surface area contributed by atoms with Gasteiger partial charge in [-0.3, -0.25) is 4.98 Å². The summed E-state index contributed by atoms with van der Waals surface area (Å²) in [4.78, 5) is 30.7. The van der Waals surface area contributed by atoms with Gasteiger partial charge < -0.3 is 15.1 Å². The highest BCUT2D eigenvalue weighted by atomic mass is 16.2. The van der Waals surface area contributed by atoms with E-state index in [1.807, 2.05) is 46.2 Å². The number of carbonyl (C=O) groups is 1. The normalized spacial score (nSPS) is 22.2. The van der Waals surface area contributed by atoms with E-state index >= 15 is 0 Å². The van der Waals surface area contributed by atoms with E-state index < -0.39 is 0 Å². The molecule has 3 aliphatic rings. The Balaban J connectivity index is 1.07. The SMILES string of the molecule is C[C@]12Cc3cnn(-c4cccnc4)c3C=C1CC[C@@H]2CC(NC(=O)N1CCN(c2ncccn2)CC1)c1ccccc1. The van der Waals surface area contributed by atoms with Crippen LogP contribution in [0.1, 0.15) is 49.0 Å². The summed E-state index contributed by atoms with van der Waals surface area (Å²) in [5.41, 5.74) is 6.11. The third-order valence-corrected chi connectivity index (χ3v) is 9.46. The molecule has 3 atom stereocenters. The average Bonchev–Trinajstić information content (AvgIpc) is 3.60. The van der Waals surface area contributed by atoms with Gasteiger partial charge in [-0.15, -0.1) is 0 Å². The number of allylic oxidation sites excluding steroid dienone is 1. The lowest BCUT2D eigenvalue weighted by Crippen LogP contribution is -2.52. The fraction of sp³-hybridized carbons (Fsp3) is 0.364. The number of anilines is 1. The van der Waals surface area contributed by atoms with Gasteiger partial charge >= 0.3 is 6.03 Å². The fourth-order valence-electron chi connectivity index (χ4n) is 7.05. The van der Waals surface area contributed by atoms with E-state index in [9.17, 15) is 4.79 Å². The Kier molecular flexibility index (Phi) is 6.93. The Hall–Kier alpha value is -4.53. The highest BCUT2D eigenvalue weighted by molar-refractivity contribution is 5.75. The number of nitrogens with zero attached hydrogens (tertiary/aromatic N) is 7. The molecule has 2 fully saturated rings. The quantitative estimate of drug-likeness (QED) is 0.354. The minimum atomic E-state index is -0.0603. The van der Waals surface area contributed by atoms with Crippen molar-refractivity contribution in [2.24, 2.45) is 11.3 Å². The van der Waals surface area contributed by atoms with Crippen molar-refractivity contribution in [3.05, 3.63) is 102 Å². The monoisotopic (exact) mass is 560 g/mol. The van der Waals surface area contributed by atoms with Crippen LogP contribution in [0.25, 0.3) is 11.8 Å².